The number of nitrogens with one attached hydrogen (secondary N) is 1. The van der Waals surface area contributed by atoms with E-state index in [2.05, 4.69) is 5.32 Å². The lowest BCUT2D eigenvalue weighted by molar-refractivity contribution is -0.151. The van der Waals surface area contributed by atoms with Crippen LogP contribution in [0.15, 0.2) is 66.7 Å². The Morgan fingerprint density at radius 2 is 1.13 bits per heavy atom. The number of alkyl halides is 2. The summed E-state index contributed by atoms with van der Waals surface area (Å²) in [7, 11) is 6.42. The van der Waals surface area contributed by atoms with E-state index in [1.807, 2.05) is 67.8 Å². The zero-order valence-corrected chi connectivity index (χ0v) is 41.2. The van der Waals surface area contributed by atoms with Gasteiger partial charge < -0.3 is 53.2 Å². The van der Waals surface area contributed by atoms with Gasteiger partial charge in [0.15, 0.2) is 23.0 Å². The Hall–Kier alpha value is -5.19. The summed E-state index contributed by atoms with van der Waals surface area (Å²) in [6, 6.07) is 19.7. The molecule has 16 heteroatoms. The van der Waals surface area contributed by atoms with Gasteiger partial charge in [-0.1, -0.05) is 30.3 Å². The van der Waals surface area contributed by atoms with E-state index in [0.717, 1.165) is 12.0 Å². The van der Waals surface area contributed by atoms with Gasteiger partial charge >= 0.3 is 6.09 Å². The van der Waals surface area contributed by atoms with E-state index < -0.39 is 23.7 Å². The molecule has 14 nitrogen and oxygen atoms in total. The highest BCUT2D eigenvalue weighted by Crippen LogP contribution is 2.58. The first kappa shape index (κ1) is 52.2. The number of fused-ring (bicyclic) bond motifs is 4. The number of benzene rings is 3. The highest BCUT2D eigenvalue weighted by atomic mass is 19.1. The summed E-state index contributed by atoms with van der Waals surface area (Å²) in [6.07, 6.45) is 3.37. The van der Waals surface area contributed by atoms with Crippen molar-refractivity contribution in [3.8, 4) is 23.0 Å². The first-order valence-electron chi connectivity index (χ1n) is 23.7. The minimum Gasteiger partial charge on any atom is -0.493 e. The maximum Gasteiger partial charge on any atom is 0.410 e. The molecule has 2 saturated carbocycles. The summed E-state index contributed by atoms with van der Waals surface area (Å²) < 4.78 is 66.2. The Morgan fingerprint density at radius 3 is 1.60 bits per heavy atom. The molecule has 0 spiro atoms. The summed E-state index contributed by atoms with van der Waals surface area (Å²) in [6.45, 7) is 11.2. The normalized spacial score (nSPS) is 23.3. The van der Waals surface area contributed by atoms with E-state index in [-0.39, 0.29) is 54.7 Å². The van der Waals surface area contributed by atoms with Gasteiger partial charge in [0.05, 0.1) is 51.9 Å². The van der Waals surface area contributed by atoms with Crippen LogP contribution in [0.3, 0.4) is 0 Å². The molecule has 4 bridgehead atoms. The maximum atomic E-state index is 14.3. The minimum absolute atomic E-state index is 0.00758. The lowest BCUT2D eigenvalue weighted by Crippen LogP contribution is -2.76. The van der Waals surface area contributed by atoms with Crippen molar-refractivity contribution in [2.45, 2.75) is 96.0 Å². The van der Waals surface area contributed by atoms with Crippen molar-refractivity contribution in [2.75, 3.05) is 94.4 Å². The van der Waals surface area contributed by atoms with Crippen LogP contribution in [0.2, 0.25) is 0 Å². The number of rotatable bonds is 22. The number of carbonyl (C=O) groups excluding carboxylic acids is 3. The average Bonchev–Trinajstić information content (AvgIpc) is 3.33. The number of hydrogen-bond donors (Lipinski definition) is 1. The van der Waals surface area contributed by atoms with Crippen LogP contribution in [0.1, 0.15) is 92.5 Å². The minimum atomic E-state index is -0.680. The second kappa shape index (κ2) is 22.9. The zero-order valence-electron chi connectivity index (χ0n) is 41.2. The van der Waals surface area contributed by atoms with Gasteiger partial charge in [0.2, 0.25) is 0 Å². The standard InChI is InChI=1S/C30H39FN2O6.C22H33FN2O4/c1-22(2)33(27(34)24-11-12-25(37-4)26(15-24)38-14-8-13-36-3)30-17-29(18-30,19-31)20-32(21-30)28(35)39-16-23-9-6-5-7-10-23;1-16(2)25(22-11-21(12-22,13-23)14-24-15-22)20(26)17-6-7-18(28-4)19(10-17)29-9-5-8-27-3/h5-7,9-12,15,22H,8,13-14,16-21H2,1-4H3;6-7,10,16,24H,5,8-9,11-15H2,1-4H3. The molecule has 2 aliphatic carbocycles. The van der Waals surface area contributed by atoms with Crippen molar-refractivity contribution in [2.24, 2.45) is 10.8 Å². The summed E-state index contributed by atoms with van der Waals surface area (Å²) in [4.78, 5) is 45.9. The zero-order chi connectivity index (χ0) is 49.1. The Labute approximate surface area is 400 Å². The Morgan fingerprint density at radius 1 is 0.632 bits per heavy atom. The number of halogens is 2. The van der Waals surface area contributed by atoms with Crippen molar-refractivity contribution in [3.05, 3.63) is 83.4 Å². The van der Waals surface area contributed by atoms with Crippen molar-refractivity contribution in [1.82, 2.24) is 20.0 Å². The third-order valence-corrected chi connectivity index (χ3v) is 13.6. The number of hydrogen-bond acceptors (Lipinski definition) is 11. The molecule has 4 aliphatic heterocycles. The van der Waals surface area contributed by atoms with Crippen LogP contribution in [0.4, 0.5) is 13.6 Å². The molecule has 3 aromatic carbocycles. The average molecular weight is 951 g/mol. The van der Waals surface area contributed by atoms with E-state index in [0.29, 0.717) is 112 Å². The second-order valence-electron chi connectivity index (χ2n) is 19.6. The number of piperidine rings is 4. The van der Waals surface area contributed by atoms with E-state index >= 15 is 0 Å². The molecular weight excluding hydrogens is 879 g/mol. The molecule has 4 saturated heterocycles. The van der Waals surface area contributed by atoms with Crippen LogP contribution in [0.5, 0.6) is 23.0 Å². The molecule has 68 heavy (non-hydrogen) atoms. The molecule has 3 amide bonds. The van der Waals surface area contributed by atoms with Crippen molar-refractivity contribution in [3.63, 3.8) is 0 Å². The summed E-state index contributed by atoms with van der Waals surface area (Å²) >= 11 is 0. The summed E-state index contributed by atoms with van der Waals surface area (Å²) in [5.74, 6) is 1.89. The molecular formula is C52H72F2N4O10. The molecule has 0 aromatic heterocycles. The SMILES string of the molecule is COCCCOc1cc(C(=O)N(C(C)C)C23CN(C(=O)OCc4ccccc4)CC(CF)(C2)C3)ccc1OC.COCCCOc1cc(C(=O)N(C(C)C)C23CNCC(CF)(C2)C3)ccc1OC. The van der Waals surface area contributed by atoms with E-state index in [1.165, 1.54) is 0 Å². The van der Waals surface area contributed by atoms with Crippen LogP contribution >= 0.6 is 0 Å². The number of amides is 3. The summed E-state index contributed by atoms with van der Waals surface area (Å²) in [5.41, 5.74) is -0.119. The molecule has 6 fully saturated rings. The lowest BCUT2D eigenvalue weighted by atomic mass is 9.53. The first-order chi connectivity index (χ1) is 32.7. The summed E-state index contributed by atoms with van der Waals surface area (Å²) in [5, 5.41) is 3.34. The van der Waals surface area contributed by atoms with Crippen LogP contribution in [0, 0.1) is 10.8 Å². The van der Waals surface area contributed by atoms with Crippen LogP contribution in [-0.2, 0) is 20.8 Å². The molecule has 6 aliphatic rings. The fourth-order valence-electron chi connectivity index (χ4n) is 11.1. The largest absolute Gasteiger partial charge is 0.493 e. The second-order valence-corrected chi connectivity index (χ2v) is 19.6. The first-order valence-corrected chi connectivity index (χ1v) is 23.7. The van der Waals surface area contributed by atoms with Gasteiger partial charge in [-0.15, -0.1) is 0 Å². The van der Waals surface area contributed by atoms with Crippen LogP contribution in [0.25, 0.3) is 0 Å². The Balaban J connectivity index is 0.000000234. The van der Waals surface area contributed by atoms with Gasteiger partial charge in [0, 0.05) is 100 Å². The van der Waals surface area contributed by atoms with Gasteiger partial charge in [-0.3, -0.25) is 18.4 Å². The molecule has 374 valence electrons. The number of carbonyl (C=O) groups is 3. The third kappa shape index (κ3) is 11.5. The van der Waals surface area contributed by atoms with Crippen molar-refractivity contribution < 1.29 is 56.3 Å². The number of ether oxygens (including phenoxy) is 7. The van der Waals surface area contributed by atoms with Gasteiger partial charge in [0.1, 0.15) is 6.61 Å². The third-order valence-electron chi connectivity index (χ3n) is 13.6. The smallest absolute Gasteiger partial charge is 0.410 e. The van der Waals surface area contributed by atoms with Crippen LogP contribution in [-0.4, -0.2) is 150 Å². The molecule has 0 radical (unpaired) electrons. The van der Waals surface area contributed by atoms with E-state index in [1.54, 1.807) is 69.7 Å². The topological polar surface area (TPSA) is 138 Å². The molecule has 0 atom stereocenters. The fraction of sp³-hybridized carbons (Fsp3) is 0.596. The molecule has 1 N–H and O–H groups in total. The molecule has 3 aromatic rings. The maximum absolute atomic E-state index is 14.3. The number of nitrogens with zero attached hydrogens (tertiary/aromatic N) is 3. The Kier molecular flexibility index (Phi) is 17.6. The highest BCUT2D eigenvalue weighted by molar-refractivity contribution is 5.96. The highest BCUT2D eigenvalue weighted by Gasteiger charge is 2.65. The molecule has 4 heterocycles. The van der Waals surface area contributed by atoms with Gasteiger partial charge in [0.25, 0.3) is 11.8 Å². The van der Waals surface area contributed by atoms with Crippen LogP contribution < -0.4 is 24.3 Å². The van der Waals surface area contributed by atoms with E-state index in [4.69, 9.17) is 33.2 Å². The fourth-order valence-corrected chi connectivity index (χ4v) is 11.1. The lowest BCUT2D eigenvalue weighted by Gasteiger charge is -2.66. The molecule has 9 rings (SSSR count). The van der Waals surface area contributed by atoms with Crippen molar-refractivity contribution >= 4 is 17.9 Å². The predicted molar refractivity (Wildman–Crippen MR) is 254 cm³/mol. The van der Waals surface area contributed by atoms with Crippen molar-refractivity contribution in [1.29, 1.82) is 0 Å². The predicted octanol–water partition coefficient (Wildman–Crippen LogP) is 8.15. The van der Waals surface area contributed by atoms with Gasteiger partial charge in [-0.05, 0) is 95.3 Å². The number of methoxy groups -OCH3 is 4. The Bertz CT molecular complexity index is 2150. The quantitative estimate of drug-likeness (QED) is 0.0978. The van der Waals surface area contributed by atoms with Gasteiger partial charge in [-0.25, -0.2) is 4.79 Å². The van der Waals surface area contributed by atoms with E-state index in [9.17, 15) is 23.2 Å². The monoisotopic (exact) mass is 951 g/mol. The van der Waals surface area contributed by atoms with Gasteiger partial charge in [-0.2, -0.15) is 0 Å². The molecule has 0 unspecified atom stereocenters.